The molecule has 0 atom stereocenters. The van der Waals surface area contributed by atoms with E-state index in [1.807, 2.05) is 0 Å². The molecule has 0 bridgehead atoms. The van der Waals surface area contributed by atoms with Crippen molar-refractivity contribution in [3.63, 3.8) is 0 Å². The molecule has 0 spiro atoms. The standard InChI is InChI=1S/C10H13NO3/c1-11(7-10(13)14)6-8-2-4-9(12)5-3-8/h2-5,12H,6-7H2,1H3,(H,13,14). The Labute approximate surface area is 82.4 Å². The van der Waals surface area contributed by atoms with Gasteiger partial charge in [-0.05, 0) is 24.7 Å². The normalized spacial score (nSPS) is 10.4. The average molecular weight is 195 g/mol. The number of hydrogen-bond donors (Lipinski definition) is 2. The quantitative estimate of drug-likeness (QED) is 0.749. The molecule has 0 aliphatic rings. The van der Waals surface area contributed by atoms with Crippen LogP contribution in [-0.2, 0) is 11.3 Å². The van der Waals surface area contributed by atoms with Crippen molar-refractivity contribution in [3.05, 3.63) is 29.8 Å². The number of carboxylic acid groups (broad SMARTS) is 1. The molecule has 1 rings (SSSR count). The summed E-state index contributed by atoms with van der Waals surface area (Å²) in [6, 6.07) is 6.72. The number of phenols is 1. The lowest BCUT2D eigenvalue weighted by Crippen LogP contribution is -2.24. The van der Waals surface area contributed by atoms with Crippen molar-refractivity contribution in [2.75, 3.05) is 13.6 Å². The van der Waals surface area contributed by atoms with Gasteiger partial charge in [-0.25, -0.2) is 0 Å². The molecule has 2 N–H and O–H groups in total. The molecule has 14 heavy (non-hydrogen) atoms. The molecule has 1 aromatic carbocycles. The fourth-order valence-corrected chi connectivity index (χ4v) is 1.20. The Balaban J connectivity index is 2.51. The molecule has 0 saturated carbocycles. The molecule has 0 aromatic heterocycles. The first-order valence-corrected chi connectivity index (χ1v) is 4.26. The third-order valence-electron chi connectivity index (χ3n) is 1.79. The predicted molar refractivity (Wildman–Crippen MR) is 52.1 cm³/mol. The minimum Gasteiger partial charge on any atom is -0.508 e. The van der Waals surface area contributed by atoms with Crippen molar-refractivity contribution >= 4 is 5.97 Å². The zero-order chi connectivity index (χ0) is 10.6. The van der Waals surface area contributed by atoms with E-state index in [-0.39, 0.29) is 12.3 Å². The van der Waals surface area contributed by atoms with Gasteiger partial charge in [-0.1, -0.05) is 12.1 Å². The fraction of sp³-hybridized carbons (Fsp3) is 0.300. The number of likely N-dealkylation sites (N-methyl/N-ethyl adjacent to an activating group) is 1. The highest BCUT2D eigenvalue weighted by atomic mass is 16.4. The van der Waals surface area contributed by atoms with Gasteiger partial charge in [-0.2, -0.15) is 0 Å². The molecule has 4 heteroatoms. The molecule has 0 unspecified atom stereocenters. The number of carboxylic acids is 1. The van der Waals surface area contributed by atoms with E-state index >= 15 is 0 Å². The Bertz CT molecular complexity index is 308. The zero-order valence-corrected chi connectivity index (χ0v) is 7.97. The molecular weight excluding hydrogens is 182 g/mol. The number of carbonyl (C=O) groups is 1. The summed E-state index contributed by atoms with van der Waals surface area (Å²) < 4.78 is 0. The second kappa shape index (κ2) is 4.62. The summed E-state index contributed by atoms with van der Waals surface area (Å²) in [5.74, 6) is -0.624. The molecular formula is C10H13NO3. The van der Waals surface area contributed by atoms with E-state index in [4.69, 9.17) is 10.2 Å². The van der Waals surface area contributed by atoms with Gasteiger partial charge in [0.15, 0.2) is 0 Å². The fourth-order valence-electron chi connectivity index (χ4n) is 1.20. The number of hydrogen-bond acceptors (Lipinski definition) is 3. The minimum atomic E-state index is -0.841. The largest absolute Gasteiger partial charge is 0.508 e. The van der Waals surface area contributed by atoms with Crippen LogP contribution in [-0.4, -0.2) is 34.7 Å². The maximum Gasteiger partial charge on any atom is 0.317 e. The van der Waals surface area contributed by atoms with E-state index in [0.717, 1.165) is 5.56 Å². The first kappa shape index (κ1) is 10.5. The third kappa shape index (κ3) is 3.45. The van der Waals surface area contributed by atoms with Gasteiger partial charge in [0.25, 0.3) is 0 Å². The van der Waals surface area contributed by atoms with E-state index in [2.05, 4.69) is 0 Å². The summed E-state index contributed by atoms with van der Waals surface area (Å²) in [5.41, 5.74) is 0.978. The highest BCUT2D eigenvalue weighted by Gasteiger charge is 2.04. The maximum atomic E-state index is 10.4. The molecule has 1 aromatic rings. The number of nitrogens with zero attached hydrogens (tertiary/aromatic N) is 1. The van der Waals surface area contributed by atoms with Crippen LogP contribution in [0.2, 0.25) is 0 Å². The molecule has 0 aliphatic heterocycles. The Morgan fingerprint density at radius 2 is 1.93 bits per heavy atom. The molecule has 0 fully saturated rings. The van der Waals surface area contributed by atoms with Crippen LogP contribution in [0.25, 0.3) is 0 Å². The molecule has 0 saturated heterocycles. The first-order valence-electron chi connectivity index (χ1n) is 4.26. The number of phenolic OH excluding ortho intramolecular Hbond substituents is 1. The molecule has 0 heterocycles. The predicted octanol–water partition coefficient (Wildman–Crippen LogP) is 0.909. The van der Waals surface area contributed by atoms with Crippen LogP contribution >= 0.6 is 0 Å². The maximum absolute atomic E-state index is 10.4. The summed E-state index contributed by atoms with van der Waals surface area (Å²) >= 11 is 0. The highest BCUT2D eigenvalue weighted by Crippen LogP contribution is 2.10. The van der Waals surface area contributed by atoms with Crippen LogP contribution in [0, 0.1) is 0 Å². The second-order valence-electron chi connectivity index (χ2n) is 3.23. The van der Waals surface area contributed by atoms with Gasteiger partial charge in [-0.15, -0.1) is 0 Å². The Hall–Kier alpha value is -1.55. The van der Waals surface area contributed by atoms with E-state index in [1.54, 1.807) is 36.2 Å². The SMILES string of the molecule is CN(CC(=O)O)Cc1ccc(O)cc1. The van der Waals surface area contributed by atoms with Crippen molar-refractivity contribution in [1.29, 1.82) is 0 Å². The lowest BCUT2D eigenvalue weighted by atomic mass is 10.2. The van der Waals surface area contributed by atoms with Gasteiger partial charge in [0.05, 0.1) is 6.54 Å². The lowest BCUT2D eigenvalue weighted by Gasteiger charge is -2.13. The Morgan fingerprint density at radius 1 is 1.36 bits per heavy atom. The van der Waals surface area contributed by atoms with Gasteiger partial charge >= 0.3 is 5.97 Å². The van der Waals surface area contributed by atoms with E-state index in [1.165, 1.54) is 0 Å². The van der Waals surface area contributed by atoms with Gasteiger partial charge < -0.3 is 10.2 Å². The summed E-state index contributed by atoms with van der Waals surface area (Å²) in [5, 5.41) is 17.6. The monoisotopic (exact) mass is 195 g/mol. The minimum absolute atomic E-state index is 0.0148. The van der Waals surface area contributed by atoms with Crippen molar-refractivity contribution in [1.82, 2.24) is 4.90 Å². The highest BCUT2D eigenvalue weighted by molar-refractivity contribution is 5.69. The number of rotatable bonds is 4. The lowest BCUT2D eigenvalue weighted by molar-refractivity contribution is -0.138. The van der Waals surface area contributed by atoms with Gasteiger partial charge in [-0.3, -0.25) is 9.69 Å². The average Bonchev–Trinajstić information content (AvgIpc) is 2.07. The molecule has 0 radical (unpaired) electrons. The summed E-state index contributed by atoms with van der Waals surface area (Å²) in [7, 11) is 1.74. The summed E-state index contributed by atoms with van der Waals surface area (Å²) in [4.78, 5) is 12.1. The van der Waals surface area contributed by atoms with Crippen LogP contribution in [0.5, 0.6) is 5.75 Å². The number of aromatic hydroxyl groups is 1. The first-order chi connectivity index (χ1) is 6.58. The number of benzene rings is 1. The van der Waals surface area contributed by atoms with Crippen molar-refractivity contribution < 1.29 is 15.0 Å². The van der Waals surface area contributed by atoms with Crippen LogP contribution in [0.4, 0.5) is 0 Å². The molecule has 4 nitrogen and oxygen atoms in total. The van der Waals surface area contributed by atoms with Gasteiger partial charge in [0.1, 0.15) is 5.75 Å². The zero-order valence-electron chi connectivity index (χ0n) is 7.97. The Morgan fingerprint density at radius 3 is 2.43 bits per heavy atom. The van der Waals surface area contributed by atoms with Crippen LogP contribution in [0.1, 0.15) is 5.56 Å². The van der Waals surface area contributed by atoms with Crippen molar-refractivity contribution in [2.45, 2.75) is 6.54 Å². The molecule has 0 amide bonds. The summed E-state index contributed by atoms with van der Waals surface area (Å²) in [6.07, 6.45) is 0. The third-order valence-corrected chi connectivity index (χ3v) is 1.79. The molecule has 0 aliphatic carbocycles. The smallest absolute Gasteiger partial charge is 0.317 e. The van der Waals surface area contributed by atoms with E-state index < -0.39 is 5.97 Å². The Kier molecular flexibility index (Phi) is 3.48. The van der Waals surface area contributed by atoms with E-state index in [9.17, 15) is 4.79 Å². The van der Waals surface area contributed by atoms with Crippen LogP contribution in [0.15, 0.2) is 24.3 Å². The number of aliphatic carboxylic acids is 1. The van der Waals surface area contributed by atoms with Crippen molar-refractivity contribution in [3.8, 4) is 5.75 Å². The van der Waals surface area contributed by atoms with E-state index in [0.29, 0.717) is 6.54 Å². The van der Waals surface area contributed by atoms with Gasteiger partial charge in [0.2, 0.25) is 0 Å². The van der Waals surface area contributed by atoms with Crippen molar-refractivity contribution in [2.24, 2.45) is 0 Å². The van der Waals surface area contributed by atoms with Crippen LogP contribution in [0.3, 0.4) is 0 Å². The van der Waals surface area contributed by atoms with Crippen LogP contribution < -0.4 is 0 Å². The second-order valence-corrected chi connectivity index (χ2v) is 3.23. The molecule has 76 valence electrons. The van der Waals surface area contributed by atoms with Gasteiger partial charge in [0, 0.05) is 6.54 Å². The topological polar surface area (TPSA) is 60.8 Å². The summed E-state index contributed by atoms with van der Waals surface area (Å²) in [6.45, 7) is 0.577.